The van der Waals surface area contributed by atoms with Crippen molar-refractivity contribution in [1.82, 2.24) is 15.1 Å². The molecular formula is C12H21N3O2. The largest absolute Gasteiger partial charge is 0.391 e. The van der Waals surface area contributed by atoms with Crippen molar-refractivity contribution in [2.24, 2.45) is 5.92 Å². The Kier molecular flexibility index (Phi) is 5.15. The number of nitrogens with one attached hydrogen (secondary N) is 1. The maximum Gasteiger partial charge on any atom is 0.244 e. The predicted octanol–water partition coefficient (Wildman–Crippen LogP) is 0.967. The Balaban J connectivity index is 2.34. The van der Waals surface area contributed by atoms with Crippen LogP contribution in [-0.2, 0) is 4.79 Å². The van der Waals surface area contributed by atoms with E-state index in [2.05, 4.69) is 10.4 Å². The lowest BCUT2D eigenvalue weighted by Crippen LogP contribution is -2.37. The van der Waals surface area contributed by atoms with E-state index in [1.54, 1.807) is 30.1 Å². The number of hydrogen-bond acceptors (Lipinski definition) is 3. The van der Waals surface area contributed by atoms with E-state index in [-0.39, 0.29) is 11.9 Å². The minimum Gasteiger partial charge on any atom is -0.391 e. The number of carbonyl (C=O) groups excluding carboxylic acids is 1. The number of hydrogen-bond donors (Lipinski definition) is 2. The Bertz CT molecular complexity index is 336. The number of rotatable bonds is 6. The van der Waals surface area contributed by atoms with E-state index in [1.165, 1.54) is 0 Å². The van der Waals surface area contributed by atoms with Crippen LogP contribution in [0, 0.1) is 5.92 Å². The van der Waals surface area contributed by atoms with Gasteiger partial charge in [0.25, 0.3) is 0 Å². The summed E-state index contributed by atoms with van der Waals surface area (Å²) in [5.41, 5.74) is 0. The summed E-state index contributed by atoms with van der Waals surface area (Å²) in [4.78, 5) is 11.7. The molecule has 0 saturated carbocycles. The minimum atomic E-state index is -0.483. The van der Waals surface area contributed by atoms with Gasteiger partial charge in [-0.25, -0.2) is 0 Å². The van der Waals surface area contributed by atoms with Crippen molar-refractivity contribution in [3.8, 4) is 0 Å². The lowest BCUT2D eigenvalue weighted by Gasteiger charge is -2.16. The average Bonchev–Trinajstić information content (AvgIpc) is 2.77. The van der Waals surface area contributed by atoms with E-state index in [1.807, 2.05) is 13.8 Å². The number of aromatic nitrogens is 2. The highest BCUT2D eigenvalue weighted by Gasteiger charge is 2.16. The molecular weight excluding hydrogens is 218 g/mol. The molecule has 1 rings (SSSR count). The number of carbonyl (C=O) groups is 1. The van der Waals surface area contributed by atoms with Crippen molar-refractivity contribution < 1.29 is 9.90 Å². The first-order valence-corrected chi connectivity index (χ1v) is 5.95. The van der Waals surface area contributed by atoms with Crippen LogP contribution in [0.15, 0.2) is 18.5 Å². The van der Waals surface area contributed by atoms with Crippen LogP contribution < -0.4 is 5.32 Å². The van der Waals surface area contributed by atoms with Crippen LogP contribution in [0.25, 0.3) is 0 Å². The molecule has 2 atom stereocenters. The second-order valence-corrected chi connectivity index (χ2v) is 4.69. The zero-order valence-corrected chi connectivity index (χ0v) is 10.6. The molecule has 0 aliphatic carbocycles. The molecule has 0 spiro atoms. The van der Waals surface area contributed by atoms with Crippen molar-refractivity contribution in [2.45, 2.75) is 39.3 Å². The van der Waals surface area contributed by atoms with Gasteiger partial charge in [-0.3, -0.25) is 9.48 Å². The summed E-state index contributed by atoms with van der Waals surface area (Å²) in [5, 5.41) is 16.4. The van der Waals surface area contributed by atoms with E-state index in [4.69, 9.17) is 0 Å². The molecule has 17 heavy (non-hydrogen) atoms. The van der Waals surface area contributed by atoms with Gasteiger partial charge in [-0.2, -0.15) is 5.10 Å². The number of amides is 1. The Hall–Kier alpha value is -1.36. The molecule has 0 fully saturated rings. The molecule has 96 valence electrons. The SMILES string of the molecule is CC(C)CC(O)CNC(=O)C(C)n1cccn1. The van der Waals surface area contributed by atoms with Gasteiger partial charge in [0, 0.05) is 18.9 Å². The molecule has 0 aliphatic rings. The van der Waals surface area contributed by atoms with Gasteiger partial charge in [-0.15, -0.1) is 0 Å². The summed E-state index contributed by atoms with van der Waals surface area (Å²) >= 11 is 0. The smallest absolute Gasteiger partial charge is 0.244 e. The van der Waals surface area contributed by atoms with E-state index < -0.39 is 6.10 Å². The van der Waals surface area contributed by atoms with Gasteiger partial charge >= 0.3 is 0 Å². The highest BCUT2D eigenvalue weighted by atomic mass is 16.3. The molecule has 5 nitrogen and oxygen atoms in total. The number of aliphatic hydroxyl groups is 1. The summed E-state index contributed by atoms with van der Waals surface area (Å²) in [7, 11) is 0. The van der Waals surface area contributed by atoms with E-state index >= 15 is 0 Å². The monoisotopic (exact) mass is 239 g/mol. The van der Waals surface area contributed by atoms with Crippen LogP contribution >= 0.6 is 0 Å². The van der Waals surface area contributed by atoms with Crippen molar-refractivity contribution in [2.75, 3.05) is 6.54 Å². The topological polar surface area (TPSA) is 67.2 Å². The molecule has 0 aliphatic heterocycles. The maximum atomic E-state index is 11.7. The summed E-state index contributed by atoms with van der Waals surface area (Å²) in [6.45, 7) is 6.15. The third kappa shape index (κ3) is 4.56. The second-order valence-electron chi connectivity index (χ2n) is 4.69. The molecule has 1 aromatic rings. The van der Waals surface area contributed by atoms with Crippen LogP contribution in [0.2, 0.25) is 0 Å². The Morgan fingerprint density at radius 1 is 1.47 bits per heavy atom. The van der Waals surface area contributed by atoms with Crippen LogP contribution in [0.3, 0.4) is 0 Å². The molecule has 0 radical (unpaired) electrons. The van der Waals surface area contributed by atoms with Gasteiger partial charge < -0.3 is 10.4 Å². The molecule has 1 heterocycles. The fourth-order valence-electron chi connectivity index (χ4n) is 1.62. The van der Waals surface area contributed by atoms with Gasteiger partial charge in [-0.1, -0.05) is 13.8 Å². The van der Waals surface area contributed by atoms with Crippen molar-refractivity contribution >= 4 is 5.91 Å². The van der Waals surface area contributed by atoms with E-state index in [9.17, 15) is 9.90 Å². The molecule has 0 aromatic carbocycles. The van der Waals surface area contributed by atoms with Crippen LogP contribution in [0.5, 0.6) is 0 Å². The Morgan fingerprint density at radius 3 is 2.71 bits per heavy atom. The van der Waals surface area contributed by atoms with E-state index in [0.717, 1.165) is 0 Å². The van der Waals surface area contributed by atoms with Gasteiger partial charge in [0.1, 0.15) is 6.04 Å². The molecule has 5 heteroatoms. The highest BCUT2D eigenvalue weighted by Crippen LogP contribution is 2.05. The summed E-state index contributed by atoms with van der Waals surface area (Å²) in [6.07, 6.45) is 3.59. The van der Waals surface area contributed by atoms with Gasteiger partial charge in [0.15, 0.2) is 0 Å². The number of aliphatic hydroxyl groups excluding tert-OH is 1. The normalized spacial score (nSPS) is 14.6. The highest BCUT2D eigenvalue weighted by molar-refractivity contribution is 5.79. The molecule has 1 amide bonds. The zero-order chi connectivity index (χ0) is 12.8. The van der Waals surface area contributed by atoms with E-state index in [0.29, 0.717) is 18.9 Å². The van der Waals surface area contributed by atoms with Crippen LogP contribution in [-0.4, -0.2) is 33.4 Å². The third-order valence-corrected chi connectivity index (χ3v) is 2.56. The molecule has 1 aromatic heterocycles. The molecule has 2 unspecified atom stereocenters. The quantitative estimate of drug-likeness (QED) is 0.777. The first-order chi connectivity index (χ1) is 8.00. The second kappa shape index (κ2) is 6.39. The lowest BCUT2D eigenvalue weighted by molar-refractivity contribution is -0.124. The van der Waals surface area contributed by atoms with Crippen LogP contribution in [0.1, 0.15) is 33.2 Å². The van der Waals surface area contributed by atoms with Gasteiger partial charge in [-0.05, 0) is 25.3 Å². The van der Waals surface area contributed by atoms with Crippen LogP contribution in [0.4, 0.5) is 0 Å². The standard InChI is InChI=1S/C12H21N3O2/c1-9(2)7-11(16)8-13-12(17)10(3)15-6-4-5-14-15/h4-6,9-11,16H,7-8H2,1-3H3,(H,13,17). The minimum absolute atomic E-state index is 0.128. The Labute approximate surface area is 102 Å². The first kappa shape index (κ1) is 13.7. The Morgan fingerprint density at radius 2 is 2.18 bits per heavy atom. The molecule has 0 saturated heterocycles. The van der Waals surface area contributed by atoms with Crippen molar-refractivity contribution in [3.05, 3.63) is 18.5 Å². The molecule has 0 bridgehead atoms. The zero-order valence-electron chi connectivity index (χ0n) is 10.6. The summed E-state index contributed by atoms with van der Waals surface area (Å²) in [6, 6.07) is 1.42. The lowest BCUT2D eigenvalue weighted by atomic mass is 10.1. The maximum absolute atomic E-state index is 11.7. The summed E-state index contributed by atoms with van der Waals surface area (Å²) < 4.78 is 1.59. The first-order valence-electron chi connectivity index (χ1n) is 5.95. The molecule has 2 N–H and O–H groups in total. The van der Waals surface area contributed by atoms with Gasteiger partial charge in [0.05, 0.1) is 6.10 Å². The fourth-order valence-corrected chi connectivity index (χ4v) is 1.62. The van der Waals surface area contributed by atoms with Gasteiger partial charge in [0.2, 0.25) is 5.91 Å². The summed E-state index contributed by atoms with van der Waals surface area (Å²) in [5.74, 6) is 0.293. The van der Waals surface area contributed by atoms with Crippen molar-refractivity contribution in [1.29, 1.82) is 0 Å². The average molecular weight is 239 g/mol. The predicted molar refractivity (Wildman–Crippen MR) is 65.4 cm³/mol. The number of nitrogens with zero attached hydrogens (tertiary/aromatic N) is 2. The third-order valence-electron chi connectivity index (χ3n) is 2.56. The fraction of sp³-hybridized carbons (Fsp3) is 0.667. The van der Waals surface area contributed by atoms with Crippen molar-refractivity contribution in [3.63, 3.8) is 0 Å².